The van der Waals surface area contributed by atoms with E-state index in [0.29, 0.717) is 5.69 Å². The Balaban J connectivity index is 2.04. The Morgan fingerprint density at radius 1 is 1.12 bits per heavy atom. The standard InChI is InChI=1S/C12H8BrF2NO/c13-8-1-2-11(16-6-8)7-17-12-4-9(14)3-10(15)5-12/h1-6H,7H2. The Labute approximate surface area is 105 Å². The third-order valence-electron chi connectivity index (χ3n) is 2.01. The maximum atomic E-state index is 12.9. The average Bonchev–Trinajstić information content (AvgIpc) is 2.27. The number of ether oxygens (including phenoxy) is 1. The van der Waals surface area contributed by atoms with Gasteiger partial charge in [0.2, 0.25) is 0 Å². The average molecular weight is 300 g/mol. The summed E-state index contributed by atoms with van der Waals surface area (Å²) in [5.74, 6) is -1.18. The second-order valence-electron chi connectivity index (χ2n) is 3.36. The molecule has 0 bridgehead atoms. The number of halogens is 3. The van der Waals surface area contributed by atoms with E-state index in [0.717, 1.165) is 22.7 Å². The van der Waals surface area contributed by atoms with Gasteiger partial charge < -0.3 is 4.74 Å². The lowest BCUT2D eigenvalue weighted by molar-refractivity contribution is 0.298. The topological polar surface area (TPSA) is 22.1 Å². The van der Waals surface area contributed by atoms with Crippen LogP contribution in [-0.4, -0.2) is 4.98 Å². The molecule has 0 radical (unpaired) electrons. The highest BCUT2D eigenvalue weighted by Gasteiger charge is 2.02. The van der Waals surface area contributed by atoms with Crippen molar-refractivity contribution in [3.8, 4) is 5.75 Å². The fourth-order valence-corrected chi connectivity index (χ4v) is 1.50. The molecule has 88 valence electrons. The van der Waals surface area contributed by atoms with Crippen LogP contribution in [0.5, 0.6) is 5.75 Å². The molecule has 0 aliphatic heterocycles. The van der Waals surface area contributed by atoms with Crippen molar-refractivity contribution in [1.29, 1.82) is 0 Å². The molecule has 0 atom stereocenters. The van der Waals surface area contributed by atoms with Crippen molar-refractivity contribution in [2.24, 2.45) is 0 Å². The number of rotatable bonds is 3. The summed E-state index contributed by atoms with van der Waals surface area (Å²) in [6.45, 7) is 0.163. The second kappa shape index (κ2) is 5.23. The number of aromatic nitrogens is 1. The van der Waals surface area contributed by atoms with E-state index in [1.165, 1.54) is 0 Å². The Kier molecular flexibility index (Phi) is 3.68. The van der Waals surface area contributed by atoms with Crippen LogP contribution in [-0.2, 0) is 6.61 Å². The van der Waals surface area contributed by atoms with Crippen molar-refractivity contribution in [2.75, 3.05) is 0 Å². The van der Waals surface area contributed by atoms with Crippen molar-refractivity contribution in [3.05, 3.63) is 58.3 Å². The van der Waals surface area contributed by atoms with E-state index in [-0.39, 0.29) is 12.4 Å². The highest BCUT2D eigenvalue weighted by Crippen LogP contribution is 2.16. The van der Waals surface area contributed by atoms with Crippen LogP contribution < -0.4 is 4.74 Å². The first kappa shape index (κ1) is 12.0. The van der Waals surface area contributed by atoms with E-state index in [2.05, 4.69) is 20.9 Å². The summed E-state index contributed by atoms with van der Waals surface area (Å²) in [6, 6.07) is 6.63. The Hall–Kier alpha value is -1.49. The van der Waals surface area contributed by atoms with Gasteiger partial charge in [0.25, 0.3) is 0 Å². The quantitative estimate of drug-likeness (QED) is 0.862. The van der Waals surface area contributed by atoms with Gasteiger partial charge in [0.05, 0.1) is 5.69 Å². The molecule has 1 heterocycles. The number of hydrogen-bond donors (Lipinski definition) is 0. The maximum Gasteiger partial charge on any atom is 0.130 e. The molecular weight excluding hydrogens is 292 g/mol. The molecule has 2 rings (SSSR count). The minimum absolute atomic E-state index is 0.146. The molecule has 5 heteroatoms. The molecule has 2 nitrogen and oxygen atoms in total. The van der Waals surface area contributed by atoms with Crippen molar-refractivity contribution in [1.82, 2.24) is 4.98 Å². The molecule has 0 aliphatic rings. The summed E-state index contributed by atoms with van der Waals surface area (Å²) >= 11 is 3.26. The first-order valence-corrected chi connectivity index (χ1v) is 5.62. The molecule has 0 amide bonds. The molecule has 0 spiro atoms. The van der Waals surface area contributed by atoms with Crippen molar-refractivity contribution in [3.63, 3.8) is 0 Å². The minimum atomic E-state index is -0.663. The predicted molar refractivity (Wildman–Crippen MR) is 62.6 cm³/mol. The molecule has 1 aromatic carbocycles. The van der Waals surface area contributed by atoms with E-state index in [1.807, 2.05) is 6.07 Å². The molecule has 0 fully saturated rings. The van der Waals surface area contributed by atoms with Gasteiger partial charge in [-0.2, -0.15) is 0 Å². The molecule has 0 unspecified atom stereocenters. The Bertz CT molecular complexity index is 496. The normalized spacial score (nSPS) is 10.3. The van der Waals surface area contributed by atoms with Gasteiger partial charge >= 0.3 is 0 Å². The molecule has 0 aliphatic carbocycles. The van der Waals surface area contributed by atoms with Gasteiger partial charge in [-0.05, 0) is 28.1 Å². The van der Waals surface area contributed by atoms with Crippen LogP contribution in [0.4, 0.5) is 8.78 Å². The van der Waals surface area contributed by atoms with E-state index >= 15 is 0 Å². The lowest BCUT2D eigenvalue weighted by Gasteiger charge is -2.06. The van der Waals surface area contributed by atoms with Crippen LogP contribution in [0.25, 0.3) is 0 Å². The first-order chi connectivity index (χ1) is 8.13. The summed E-state index contributed by atoms with van der Waals surface area (Å²) in [7, 11) is 0. The smallest absolute Gasteiger partial charge is 0.130 e. The Morgan fingerprint density at radius 2 is 1.82 bits per heavy atom. The molecule has 0 saturated heterocycles. The van der Waals surface area contributed by atoms with Gasteiger partial charge in [-0.15, -0.1) is 0 Å². The maximum absolute atomic E-state index is 12.9. The lowest BCUT2D eigenvalue weighted by atomic mass is 10.3. The highest BCUT2D eigenvalue weighted by atomic mass is 79.9. The summed E-state index contributed by atoms with van der Waals surface area (Å²) in [5.41, 5.74) is 0.679. The zero-order chi connectivity index (χ0) is 12.3. The van der Waals surface area contributed by atoms with E-state index < -0.39 is 11.6 Å². The van der Waals surface area contributed by atoms with Gasteiger partial charge in [-0.3, -0.25) is 4.98 Å². The molecular formula is C12H8BrF2NO. The zero-order valence-electron chi connectivity index (χ0n) is 8.66. The summed E-state index contributed by atoms with van der Waals surface area (Å²) in [6.07, 6.45) is 1.63. The molecule has 0 saturated carbocycles. The van der Waals surface area contributed by atoms with Crippen LogP contribution >= 0.6 is 15.9 Å². The monoisotopic (exact) mass is 299 g/mol. The van der Waals surface area contributed by atoms with Gasteiger partial charge in [0.15, 0.2) is 0 Å². The summed E-state index contributed by atoms with van der Waals surface area (Å²) in [4.78, 5) is 4.08. The third kappa shape index (κ3) is 3.49. The molecule has 17 heavy (non-hydrogen) atoms. The predicted octanol–water partition coefficient (Wildman–Crippen LogP) is 3.70. The lowest BCUT2D eigenvalue weighted by Crippen LogP contribution is -1.98. The molecule has 2 aromatic rings. The third-order valence-corrected chi connectivity index (χ3v) is 2.48. The van der Waals surface area contributed by atoms with Gasteiger partial charge in [0.1, 0.15) is 24.0 Å². The van der Waals surface area contributed by atoms with Gasteiger partial charge in [-0.1, -0.05) is 0 Å². The van der Waals surface area contributed by atoms with Crippen LogP contribution in [0.1, 0.15) is 5.69 Å². The second-order valence-corrected chi connectivity index (χ2v) is 4.28. The van der Waals surface area contributed by atoms with E-state index in [9.17, 15) is 8.78 Å². The van der Waals surface area contributed by atoms with Crippen LogP contribution in [0.3, 0.4) is 0 Å². The summed E-state index contributed by atoms with van der Waals surface area (Å²) in [5, 5.41) is 0. The molecule has 1 aromatic heterocycles. The van der Waals surface area contributed by atoms with Crippen LogP contribution in [0, 0.1) is 11.6 Å². The van der Waals surface area contributed by atoms with Crippen LogP contribution in [0.2, 0.25) is 0 Å². The fraction of sp³-hybridized carbons (Fsp3) is 0.0833. The first-order valence-electron chi connectivity index (χ1n) is 4.83. The summed E-state index contributed by atoms with van der Waals surface area (Å²) < 4.78 is 31.8. The largest absolute Gasteiger partial charge is 0.487 e. The Morgan fingerprint density at radius 3 is 2.41 bits per heavy atom. The molecule has 0 N–H and O–H groups in total. The van der Waals surface area contributed by atoms with Crippen LogP contribution in [0.15, 0.2) is 41.0 Å². The van der Waals surface area contributed by atoms with Gasteiger partial charge in [-0.25, -0.2) is 8.78 Å². The van der Waals surface area contributed by atoms with E-state index in [1.54, 1.807) is 12.3 Å². The highest BCUT2D eigenvalue weighted by molar-refractivity contribution is 9.10. The van der Waals surface area contributed by atoms with Crippen molar-refractivity contribution < 1.29 is 13.5 Å². The van der Waals surface area contributed by atoms with Gasteiger partial charge in [0, 0.05) is 28.9 Å². The fourth-order valence-electron chi connectivity index (χ4n) is 1.26. The van der Waals surface area contributed by atoms with Crippen molar-refractivity contribution >= 4 is 15.9 Å². The zero-order valence-corrected chi connectivity index (χ0v) is 10.2. The number of benzene rings is 1. The van der Waals surface area contributed by atoms with Crippen molar-refractivity contribution in [2.45, 2.75) is 6.61 Å². The SMILES string of the molecule is Fc1cc(F)cc(OCc2ccc(Br)cn2)c1. The number of pyridine rings is 1. The minimum Gasteiger partial charge on any atom is -0.487 e. The number of hydrogen-bond acceptors (Lipinski definition) is 2. The van der Waals surface area contributed by atoms with E-state index in [4.69, 9.17) is 4.74 Å². The number of nitrogens with zero attached hydrogens (tertiary/aromatic N) is 1.